The minimum atomic E-state index is 0.372. The number of nitrogens with zero attached hydrogens (tertiary/aromatic N) is 1. The molecule has 0 bridgehead atoms. The largest absolute Gasteiger partial charge is 0.398 e. The summed E-state index contributed by atoms with van der Waals surface area (Å²) >= 11 is 0. The van der Waals surface area contributed by atoms with Gasteiger partial charge in [0.25, 0.3) is 0 Å². The molecule has 106 valence electrons. The SMILES string of the molecule is CCCNC(c1cnccc1N)C1CCCC(C)C1. The van der Waals surface area contributed by atoms with E-state index >= 15 is 0 Å². The Labute approximate surface area is 117 Å². The molecule has 2 rings (SSSR count). The second-order valence-electron chi connectivity index (χ2n) is 5.97. The molecule has 1 aromatic heterocycles. The maximum atomic E-state index is 6.15. The average molecular weight is 261 g/mol. The van der Waals surface area contributed by atoms with Crippen LogP contribution in [0.1, 0.15) is 57.6 Å². The van der Waals surface area contributed by atoms with Crippen molar-refractivity contribution >= 4 is 5.69 Å². The Bertz CT molecular complexity index is 391. The van der Waals surface area contributed by atoms with Gasteiger partial charge in [-0.05, 0) is 43.7 Å². The lowest BCUT2D eigenvalue weighted by molar-refractivity contribution is 0.224. The van der Waals surface area contributed by atoms with E-state index in [1.165, 1.54) is 31.2 Å². The van der Waals surface area contributed by atoms with Gasteiger partial charge in [-0.25, -0.2) is 0 Å². The molecule has 3 nitrogen and oxygen atoms in total. The predicted molar refractivity (Wildman–Crippen MR) is 80.8 cm³/mol. The molecule has 1 aliphatic rings. The van der Waals surface area contributed by atoms with E-state index in [9.17, 15) is 0 Å². The van der Waals surface area contributed by atoms with Gasteiger partial charge in [0.2, 0.25) is 0 Å². The van der Waals surface area contributed by atoms with E-state index in [0.717, 1.165) is 24.6 Å². The summed E-state index contributed by atoms with van der Waals surface area (Å²) in [6.45, 7) is 5.62. The van der Waals surface area contributed by atoms with E-state index in [1.54, 1.807) is 6.20 Å². The average Bonchev–Trinajstić information content (AvgIpc) is 2.41. The second kappa shape index (κ2) is 6.90. The van der Waals surface area contributed by atoms with Gasteiger partial charge in [-0.2, -0.15) is 0 Å². The summed E-state index contributed by atoms with van der Waals surface area (Å²) in [5.74, 6) is 1.53. The summed E-state index contributed by atoms with van der Waals surface area (Å²) in [6.07, 6.45) is 10.2. The minimum Gasteiger partial charge on any atom is -0.398 e. The molecule has 0 spiro atoms. The van der Waals surface area contributed by atoms with Gasteiger partial charge in [0, 0.05) is 29.7 Å². The maximum Gasteiger partial charge on any atom is 0.0393 e. The van der Waals surface area contributed by atoms with Crippen LogP contribution < -0.4 is 11.1 Å². The Morgan fingerprint density at radius 1 is 1.47 bits per heavy atom. The quantitative estimate of drug-likeness (QED) is 0.852. The van der Waals surface area contributed by atoms with Gasteiger partial charge in [-0.1, -0.05) is 26.7 Å². The number of rotatable bonds is 5. The highest BCUT2D eigenvalue weighted by Crippen LogP contribution is 2.38. The summed E-state index contributed by atoms with van der Waals surface area (Å²) in [4.78, 5) is 4.27. The fraction of sp³-hybridized carbons (Fsp3) is 0.688. The number of anilines is 1. The predicted octanol–water partition coefficient (Wildman–Crippen LogP) is 3.53. The molecule has 3 N–H and O–H groups in total. The number of nitrogen functional groups attached to an aromatic ring is 1. The number of aromatic nitrogens is 1. The number of hydrogen-bond donors (Lipinski definition) is 2. The standard InChI is InChI=1S/C16H27N3/c1-3-8-19-16(13-6-4-5-12(2)10-13)14-11-18-9-7-15(14)17/h7,9,11-13,16,19H,3-6,8,10H2,1-2H3,(H2,17,18). The van der Waals surface area contributed by atoms with Gasteiger partial charge in [0.1, 0.15) is 0 Å². The zero-order chi connectivity index (χ0) is 13.7. The van der Waals surface area contributed by atoms with E-state index in [4.69, 9.17) is 5.73 Å². The number of hydrogen-bond acceptors (Lipinski definition) is 3. The summed E-state index contributed by atoms with van der Waals surface area (Å²) in [7, 11) is 0. The van der Waals surface area contributed by atoms with Crippen LogP contribution in [0.2, 0.25) is 0 Å². The molecule has 0 radical (unpaired) electrons. The van der Waals surface area contributed by atoms with E-state index in [2.05, 4.69) is 24.1 Å². The van der Waals surface area contributed by atoms with Crippen LogP contribution in [0.4, 0.5) is 5.69 Å². The van der Waals surface area contributed by atoms with Crippen molar-refractivity contribution in [1.82, 2.24) is 10.3 Å². The van der Waals surface area contributed by atoms with E-state index in [0.29, 0.717) is 12.0 Å². The first-order valence-electron chi connectivity index (χ1n) is 7.65. The third kappa shape index (κ3) is 3.69. The highest BCUT2D eigenvalue weighted by Gasteiger charge is 2.28. The van der Waals surface area contributed by atoms with Crippen molar-refractivity contribution in [3.63, 3.8) is 0 Å². The van der Waals surface area contributed by atoms with Crippen LogP contribution in [-0.4, -0.2) is 11.5 Å². The first-order valence-corrected chi connectivity index (χ1v) is 7.65. The van der Waals surface area contributed by atoms with Crippen LogP contribution in [0.3, 0.4) is 0 Å². The molecule has 3 atom stereocenters. The molecule has 1 saturated carbocycles. The molecule has 0 aromatic carbocycles. The van der Waals surface area contributed by atoms with Crippen LogP contribution in [0, 0.1) is 11.8 Å². The van der Waals surface area contributed by atoms with Crippen molar-refractivity contribution in [3.05, 3.63) is 24.0 Å². The van der Waals surface area contributed by atoms with Crippen LogP contribution in [-0.2, 0) is 0 Å². The minimum absolute atomic E-state index is 0.372. The van der Waals surface area contributed by atoms with Crippen molar-refractivity contribution in [2.75, 3.05) is 12.3 Å². The summed E-state index contributed by atoms with van der Waals surface area (Å²) in [5, 5.41) is 3.70. The molecule has 1 heterocycles. The topological polar surface area (TPSA) is 50.9 Å². The maximum absolute atomic E-state index is 6.15. The fourth-order valence-electron chi connectivity index (χ4n) is 3.29. The Morgan fingerprint density at radius 2 is 2.32 bits per heavy atom. The molecule has 0 aliphatic heterocycles. The Balaban J connectivity index is 2.17. The lowest BCUT2D eigenvalue weighted by Crippen LogP contribution is -2.32. The molecule has 19 heavy (non-hydrogen) atoms. The monoisotopic (exact) mass is 261 g/mol. The van der Waals surface area contributed by atoms with Gasteiger partial charge in [-0.3, -0.25) is 4.98 Å². The van der Waals surface area contributed by atoms with Crippen molar-refractivity contribution in [1.29, 1.82) is 0 Å². The summed E-state index contributed by atoms with van der Waals surface area (Å²) < 4.78 is 0. The zero-order valence-corrected chi connectivity index (χ0v) is 12.2. The van der Waals surface area contributed by atoms with E-state index in [1.807, 2.05) is 12.3 Å². The third-order valence-corrected chi connectivity index (χ3v) is 4.28. The second-order valence-corrected chi connectivity index (χ2v) is 5.97. The highest BCUT2D eigenvalue weighted by molar-refractivity contribution is 5.46. The van der Waals surface area contributed by atoms with Crippen molar-refractivity contribution in [2.45, 2.75) is 52.0 Å². The normalized spacial score (nSPS) is 25.2. The molecule has 1 aliphatic carbocycles. The molecule has 1 fully saturated rings. The van der Waals surface area contributed by atoms with Crippen LogP contribution >= 0.6 is 0 Å². The lowest BCUT2D eigenvalue weighted by atomic mass is 9.76. The van der Waals surface area contributed by atoms with Gasteiger partial charge < -0.3 is 11.1 Å². The van der Waals surface area contributed by atoms with Crippen molar-refractivity contribution in [3.8, 4) is 0 Å². The third-order valence-electron chi connectivity index (χ3n) is 4.28. The number of pyridine rings is 1. The van der Waals surface area contributed by atoms with Gasteiger partial charge >= 0.3 is 0 Å². The fourth-order valence-corrected chi connectivity index (χ4v) is 3.29. The zero-order valence-electron chi connectivity index (χ0n) is 12.2. The van der Waals surface area contributed by atoms with E-state index in [-0.39, 0.29) is 0 Å². The molecular formula is C16H27N3. The van der Waals surface area contributed by atoms with Crippen LogP contribution in [0.25, 0.3) is 0 Å². The highest BCUT2D eigenvalue weighted by atomic mass is 14.9. The van der Waals surface area contributed by atoms with E-state index < -0.39 is 0 Å². The van der Waals surface area contributed by atoms with Gasteiger partial charge in [0.05, 0.1) is 0 Å². The Kier molecular flexibility index (Phi) is 5.20. The Morgan fingerprint density at radius 3 is 3.00 bits per heavy atom. The number of nitrogens with two attached hydrogens (primary N) is 1. The smallest absolute Gasteiger partial charge is 0.0393 e. The first kappa shape index (κ1) is 14.3. The first-order chi connectivity index (χ1) is 9.22. The van der Waals surface area contributed by atoms with Crippen molar-refractivity contribution < 1.29 is 0 Å². The van der Waals surface area contributed by atoms with Crippen molar-refractivity contribution in [2.24, 2.45) is 11.8 Å². The molecule has 1 aromatic rings. The molecular weight excluding hydrogens is 234 g/mol. The molecule has 3 unspecified atom stereocenters. The summed E-state index contributed by atoms with van der Waals surface area (Å²) in [6, 6.07) is 2.29. The Hall–Kier alpha value is -1.09. The van der Waals surface area contributed by atoms with Crippen LogP contribution in [0.5, 0.6) is 0 Å². The molecule has 0 saturated heterocycles. The summed E-state index contributed by atoms with van der Waals surface area (Å²) in [5.41, 5.74) is 8.22. The van der Waals surface area contributed by atoms with Gasteiger partial charge in [-0.15, -0.1) is 0 Å². The van der Waals surface area contributed by atoms with Gasteiger partial charge in [0.15, 0.2) is 0 Å². The molecule has 3 heteroatoms. The lowest BCUT2D eigenvalue weighted by Gasteiger charge is -2.34. The molecule has 0 amide bonds. The van der Waals surface area contributed by atoms with Crippen LogP contribution in [0.15, 0.2) is 18.5 Å². The number of nitrogens with one attached hydrogen (secondary N) is 1.